The molecule has 1 aliphatic carbocycles. The monoisotopic (exact) mass is 536 g/mol. The molecule has 12 heteroatoms. The first-order valence-electron chi connectivity index (χ1n) is 12.9. The molecule has 1 aliphatic heterocycles. The minimum atomic E-state index is -4.48. The van der Waals surface area contributed by atoms with E-state index in [4.69, 9.17) is 0 Å². The molecular formula is C27H27F3N8O. The molecule has 1 saturated heterocycles. The second-order valence-electron chi connectivity index (χ2n) is 10.0. The zero-order valence-corrected chi connectivity index (χ0v) is 21.1. The number of nitrogens with one attached hydrogen (secondary N) is 2. The fraction of sp³-hybridized carbons (Fsp3) is 0.370. The van der Waals surface area contributed by atoms with E-state index in [2.05, 4.69) is 41.2 Å². The van der Waals surface area contributed by atoms with Gasteiger partial charge in [0.1, 0.15) is 18.6 Å². The van der Waals surface area contributed by atoms with Crippen LogP contribution in [-0.4, -0.2) is 73.0 Å². The number of carbonyl (C=O) groups excluding carboxylic acids is 1. The SMILES string of the molecule is O=C(CC(F)(F)F)N1CCN(Cc2ccnc(Nc3nc4ccc(-c5cc(C6CC6)ncn5)cc4[nH]3)c2)CC1. The van der Waals surface area contributed by atoms with Crippen LogP contribution in [-0.2, 0) is 11.3 Å². The van der Waals surface area contributed by atoms with Crippen molar-refractivity contribution in [1.29, 1.82) is 0 Å². The number of aromatic amines is 1. The Bertz CT molecular complexity index is 1490. The third-order valence-corrected chi connectivity index (χ3v) is 7.02. The van der Waals surface area contributed by atoms with Gasteiger partial charge >= 0.3 is 6.18 Å². The van der Waals surface area contributed by atoms with Gasteiger partial charge in [0.15, 0.2) is 0 Å². The van der Waals surface area contributed by atoms with E-state index in [0.717, 1.165) is 33.5 Å². The normalized spacial score (nSPS) is 16.5. The summed E-state index contributed by atoms with van der Waals surface area (Å²) in [7, 11) is 0. The van der Waals surface area contributed by atoms with Gasteiger partial charge in [0.05, 0.1) is 16.7 Å². The summed E-state index contributed by atoms with van der Waals surface area (Å²) in [6.45, 7) is 2.18. The number of hydrogen-bond acceptors (Lipinski definition) is 7. The zero-order valence-electron chi connectivity index (χ0n) is 21.1. The summed E-state index contributed by atoms with van der Waals surface area (Å²) >= 11 is 0. The number of fused-ring (bicyclic) bond motifs is 1. The molecule has 1 saturated carbocycles. The lowest BCUT2D eigenvalue weighted by Crippen LogP contribution is -2.49. The van der Waals surface area contributed by atoms with Crippen LogP contribution >= 0.6 is 0 Å². The van der Waals surface area contributed by atoms with Gasteiger partial charge in [-0.2, -0.15) is 13.2 Å². The first-order chi connectivity index (χ1) is 18.8. The van der Waals surface area contributed by atoms with Crippen molar-refractivity contribution in [3.63, 3.8) is 0 Å². The van der Waals surface area contributed by atoms with Gasteiger partial charge in [-0.25, -0.2) is 19.9 Å². The summed E-state index contributed by atoms with van der Waals surface area (Å²) in [5, 5.41) is 3.22. The standard InChI is InChI=1S/C27H27F3N8O/c28-27(29,30)14-25(39)38-9-7-37(8-10-38)15-17-5-6-31-24(11-17)36-26-34-20-4-3-19(12-23(20)35-26)22-13-21(18-1-2-18)32-16-33-22/h3-6,11-13,16,18H,1-2,7-10,14-15H2,(H2,31,34,35,36). The molecule has 0 spiro atoms. The minimum Gasteiger partial charge on any atom is -0.340 e. The number of aromatic nitrogens is 5. The maximum absolute atomic E-state index is 12.5. The molecule has 1 amide bonds. The second kappa shape index (κ2) is 10.3. The smallest absolute Gasteiger partial charge is 0.340 e. The fourth-order valence-corrected chi connectivity index (χ4v) is 4.82. The lowest BCUT2D eigenvalue weighted by atomic mass is 10.1. The van der Waals surface area contributed by atoms with Crippen LogP contribution in [0.3, 0.4) is 0 Å². The first-order valence-corrected chi connectivity index (χ1v) is 12.9. The second-order valence-corrected chi connectivity index (χ2v) is 10.0. The van der Waals surface area contributed by atoms with Crippen LogP contribution in [0, 0.1) is 0 Å². The van der Waals surface area contributed by atoms with Gasteiger partial charge < -0.3 is 15.2 Å². The Balaban J connectivity index is 1.09. The first kappa shape index (κ1) is 25.2. The van der Waals surface area contributed by atoms with Crippen molar-refractivity contribution < 1.29 is 18.0 Å². The third kappa shape index (κ3) is 6.17. The van der Waals surface area contributed by atoms with E-state index in [1.54, 1.807) is 12.5 Å². The quantitative estimate of drug-likeness (QED) is 0.355. The number of halogens is 3. The molecule has 9 nitrogen and oxygen atoms in total. The topological polar surface area (TPSA) is 103 Å². The number of nitrogens with zero attached hydrogens (tertiary/aromatic N) is 6. The summed E-state index contributed by atoms with van der Waals surface area (Å²) in [6.07, 6.45) is -0.190. The van der Waals surface area contributed by atoms with E-state index in [0.29, 0.717) is 37.3 Å². The summed E-state index contributed by atoms with van der Waals surface area (Å²) < 4.78 is 37.6. The van der Waals surface area contributed by atoms with Crippen molar-refractivity contribution in [2.45, 2.75) is 37.9 Å². The molecule has 4 aromatic rings. The highest BCUT2D eigenvalue weighted by Crippen LogP contribution is 2.39. The molecule has 39 heavy (non-hydrogen) atoms. The van der Waals surface area contributed by atoms with E-state index in [1.807, 2.05) is 30.3 Å². The molecule has 2 aliphatic rings. The molecule has 202 valence electrons. The van der Waals surface area contributed by atoms with E-state index >= 15 is 0 Å². The van der Waals surface area contributed by atoms with Crippen molar-refractivity contribution in [3.05, 3.63) is 60.2 Å². The predicted molar refractivity (Wildman–Crippen MR) is 139 cm³/mol. The maximum Gasteiger partial charge on any atom is 0.397 e. The molecule has 2 fully saturated rings. The van der Waals surface area contributed by atoms with E-state index in [-0.39, 0.29) is 13.1 Å². The molecule has 0 bridgehead atoms. The molecule has 0 radical (unpaired) electrons. The number of pyridine rings is 1. The number of piperazine rings is 1. The van der Waals surface area contributed by atoms with Crippen molar-refractivity contribution in [1.82, 2.24) is 34.7 Å². The lowest BCUT2D eigenvalue weighted by molar-refractivity contribution is -0.162. The molecule has 0 atom stereocenters. The molecular weight excluding hydrogens is 509 g/mol. The van der Waals surface area contributed by atoms with Crippen molar-refractivity contribution >= 4 is 28.7 Å². The Kier molecular flexibility index (Phi) is 6.63. The Morgan fingerprint density at radius 2 is 1.85 bits per heavy atom. The molecule has 6 rings (SSSR count). The number of H-pyrrole nitrogens is 1. The number of anilines is 2. The summed E-state index contributed by atoms with van der Waals surface area (Å²) in [6, 6.07) is 11.9. The van der Waals surface area contributed by atoms with Crippen LogP contribution in [0.2, 0.25) is 0 Å². The molecule has 4 heterocycles. The Morgan fingerprint density at radius 1 is 1.03 bits per heavy atom. The summed E-state index contributed by atoms with van der Waals surface area (Å²) in [5.41, 5.74) is 5.65. The number of imidazole rings is 1. The van der Waals surface area contributed by atoms with Gasteiger partial charge in [-0.3, -0.25) is 9.69 Å². The molecule has 1 aromatic carbocycles. The highest BCUT2D eigenvalue weighted by atomic mass is 19.4. The fourth-order valence-electron chi connectivity index (χ4n) is 4.82. The van der Waals surface area contributed by atoms with Gasteiger partial charge in [-0.1, -0.05) is 6.07 Å². The van der Waals surface area contributed by atoms with Crippen LogP contribution < -0.4 is 5.32 Å². The number of hydrogen-bond donors (Lipinski definition) is 2. The number of alkyl halides is 3. The average molecular weight is 537 g/mol. The van der Waals surface area contributed by atoms with E-state index < -0.39 is 18.5 Å². The molecule has 3 aromatic heterocycles. The van der Waals surface area contributed by atoms with Gasteiger partial charge in [0.25, 0.3) is 0 Å². The van der Waals surface area contributed by atoms with Crippen molar-refractivity contribution in [2.75, 3.05) is 31.5 Å². The van der Waals surface area contributed by atoms with Crippen LogP contribution in [0.5, 0.6) is 0 Å². The van der Waals surface area contributed by atoms with Crippen molar-refractivity contribution in [2.24, 2.45) is 0 Å². The van der Waals surface area contributed by atoms with E-state index in [9.17, 15) is 18.0 Å². The third-order valence-electron chi connectivity index (χ3n) is 7.02. The minimum absolute atomic E-state index is 0.281. The van der Waals surface area contributed by atoms with Crippen LogP contribution in [0.25, 0.3) is 22.3 Å². The van der Waals surface area contributed by atoms with Gasteiger partial charge in [-0.05, 0) is 48.7 Å². The van der Waals surface area contributed by atoms with Crippen LogP contribution in [0.15, 0.2) is 48.9 Å². The van der Waals surface area contributed by atoms with Crippen molar-refractivity contribution in [3.8, 4) is 11.3 Å². The summed E-state index contributed by atoms with van der Waals surface area (Å²) in [4.78, 5) is 36.4. The predicted octanol–water partition coefficient (Wildman–Crippen LogP) is 4.63. The number of amides is 1. The van der Waals surface area contributed by atoms with Gasteiger partial charge in [0, 0.05) is 56.1 Å². The van der Waals surface area contributed by atoms with Crippen LogP contribution in [0.4, 0.5) is 24.9 Å². The maximum atomic E-state index is 12.5. The Labute approximate surface area is 222 Å². The molecule has 0 unspecified atom stereocenters. The highest BCUT2D eigenvalue weighted by Gasteiger charge is 2.34. The Morgan fingerprint density at radius 3 is 2.62 bits per heavy atom. The Hall–Kier alpha value is -4.06. The highest BCUT2D eigenvalue weighted by molar-refractivity contribution is 5.83. The average Bonchev–Trinajstić information content (AvgIpc) is 3.68. The lowest BCUT2D eigenvalue weighted by Gasteiger charge is -2.35. The number of carbonyl (C=O) groups is 1. The van der Waals surface area contributed by atoms with E-state index in [1.165, 1.54) is 17.7 Å². The van der Waals surface area contributed by atoms with Gasteiger partial charge in [-0.15, -0.1) is 0 Å². The van der Waals surface area contributed by atoms with Gasteiger partial charge in [0.2, 0.25) is 11.9 Å². The van der Waals surface area contributed by atoms with Crippen LogP contribution in [0.1, 0.15) is 36.4 Å². The zero-order chi connectivity index (χ0) is 27.0. The largest absolute Gasteiger partial charge is 0.397 e. The number of benzene rings is 1. The molecule has 2 N–H and O–H groups in total. The number of rotatable bonds is 7. The summed E-state index contributed by atoms with van der Waals surface area (Å²) in [5.74, 6) is 0.870.